The molecule has 4 rings (SSSR count). The number of nitrogens with zero attached hydrogens (tertiary/aromatic N) is 2. The van der Waals surface area contributed by atoms with Gasteiger partial charge in [-0.05, 0) is 55.5 Å². The number of hydrogen-bond acceptors (Lipinski definition) is 5. The number of imide groups is 1. The van der Waals surface area contributed by atoms with Crippen molar-refractivity contribution < 1.29 is 29.1 Å². The third-order valence-corrected chi connectivity index (χ3v) is 7.88. The van der Waals surface area contributed by atoms with Gasteiger partial charge in [0.15, 0.2) is 0 Å². The number of carboxylic acids is 1. The number of aliphatic carboxylic acids is 1. The summed E-state index contributed by atoms with van der Waals surface area (Å²) in [6.45, 7) is 5.28. The van der Waals surface area contributed by atoms with Crippen LogP contribution >= 0.6 is 0 Å². The zero-order chi connectivity index (χ0) is 30.4. The lowest BCUT2D eigenvalue weighted by Gasteiger charge is -2.38. The van der Waals surface area contributed by atoms with Gasteiger partial charge in [0, 0.05) is 24.0 Å². The standard InChI is InChI=1S/C31H39N5O6/c1-20(2)26(27(39)32-21(3)18-25(37)38)36-28(40)31(16-8-5-9-17-31)35(30(36)42)19-22-12-14-24(15-13-22)34-29(41)33-23-10-6-4-7-11-23/h4,6-7,10-15,20-21,26H,5,8-9,16-19H2,1-3H3,(H,32,39)(H,37,38)(H2,33,34,41)/t21-,26+/m1/s1. The van der Waals surface area contributed by atoms with E-state index in [1.807, 2.05) is 18.2 Å². The average Bonchev–Trinajstić information content (AvgIpc) is 3.11. The molecule has 2 aromatic rings. The van der Waals surface area contributed by atoms with Gasteiger partial charge in [-0.1, -0.05) is 63.4 Å². The van der Waals surface area contributed by atoms with Crippen LogP contribution in [0, 0.1) is 5.92 Å². The Morgan fingerprint density at radius 3 is 2.05 bits per heavy atom. The smallest absolute Gasteiger partial charge is 0.328 e. The van der Waals surface area contributed by atoms with Crippen molar-refractivity contribution in [2.24, 2.45) is 5.92 Å². The van der Waals surface area contributed by atoms with Crippen molar-refractivity contribution in [3.8, 4) is 0 Å². The molecule has 1 heterocycles. The summed E-state index contributed by atoms with van der Waals surface area (Å²) in [4.78, 5) is 67.6. The Balaban J connectivity index is 1.53. The number of urea groups is 2. The minimum Gasteiger partial charge on any atom is -0.481 e. The van der Waals surface area contributed by atoms with Crippen LogP contribution in [0.3, 0.4) is 0 Å². The summed E-state index contributed by atoms with van der Waals surface area (Å²) in [7, 11) is 0. The molecular weight excluding hydrogens is 538 g/mol. The molecule has 0 aromatic heterocycles. The number of amides is 6. The normalized spacial score (nSPS) is 17.7. The largest absolute Gasteiger partial charge is 0.481 e. The maximum absolute atomic E-state index is 14.1. The van der Waals surface area contributed by atoms with Crippen molar-refractivity contribution >= 4 is 41.2 Å². The van der Waals surface area contributed by atoms with Gasteiger partial charge in [-0.3, -0.25) is 14.4 Å². The summed E-state index contributed by atoms with van der Waals surface area (Å²) in [5.41, 5.74) is 0.965. The van der Waals surface area contributed by atoms with E-state index in [-0.39, 0.29) is 30.8 Å². The fourth-order valence-electron chi connectivity index (χ4n) is 5.87. The molecule has 11 nitrogen and oxygen atoms in total. The molecule has 1 aliphatic heterocycles. The molecule has 0 unspecified atom stereocenters. The zero-order valence-corrected chi connectivity index (χ0v) is 24.3. The summed E-state index contributed by atoms with van der Waals surface area (Å²) in [6.07, 6.45) is 3.29. The average molecular weight is 578 g/mol. The fourth-order valence-corrected chi connectivity index (χ4v) is 5.87. The lowest BCUT2D eigenvalue weighted by molar-refractivity contribution is -0.142. The number of anilines is 2. The molecule has 1 saturated carbocycles. The van der Waals surface area contributed by atoms with Gasteiger partial charge in [-0.25, -0.2) is 14.5 Å². The molecule has 2 fully saturated rings. The highest BCUT2D eigenvalue weighted by Gasteiger charge is 2.59. The number of rotatable bonds is 10. The van der Waals surface area contributed by atoms with Crippen LogP contribution in [-0.2, 0) is 20.9 Å². The van der Waals surface area contributed by atoms with E-state index < -0.39 is 35.5 Å². The van der Waals surface area contributed by atoms with Crippen LogP contribution in [0.2, 0.25) is 0 Å². The lowest BCUT2D eigenvalue weighted by atomic mass is 9.80. The molecule has 11 heteroatoms. The van der Waals surface area contributed by atoms with Gasteiger partial charge < -0.3 is 26.0 Å². The first-order chi connectivity index (χ1) is 20.0. The van der Waals surface area contributed by atoms with E-state index in [1.165, 1.54) is 0 Å². The van der Waals surface area contributed by atoms with Crippen molar-refractivity contribution in [2.45, 2.75) is 83.5 Å². The number of benzene rings is 2. The van der Waals surface area contributed by atoms with E-state index in [0.29, 0.717) is 24.2 Å². The Kier molecular flexibility index (Phi) is 9.49. The summed E-state index contributed by atoms with van der Waals surface area (Å²) in [5, 5.41) is 17.3. The molecule has 224 valence electrons. The van der Waals surface area contributed by atoms with Crippen molar-refractivity contribution in [1.82, 2.24) is 15.1 Å². The second kappa shape index (κ2) is 13.1. The van der Waals surface area contributed by atoms with Crippen molar-refractivity contribution in [3.05, 3.63) is 60.2 Å². The molecule has 6 amide bonds. The lowest BCUT2D eigenvalue weighted by Crippen LogP contribution is -2.55. The van der Waals surface area contributed by atoms with Crippen LogP contribution in [0.1, 0.15) is 64.9 Å². The third-order valence-electron chi connectivity index (χ3n) is 7.88. The van der Waals surface area contributed by atoms with E-state index in [1.54, 1.807) is 62.1 Å². The van der Waals surface area contributed by atoms with Gasteiger partial charge in [0.1, 0.15) is 11.6 Å². The van der Waals surface area contributed by atoms with Crippen molar-refractivity contribution in [2.75, 3.05) is 10.6 Å². The van der Waals surface area contributed by atoms with Gasteiger partial charge in [0.25, 0.3) is 5.91 Å². The van der Waals surface area contributed by atoms with Gasteiger partial charge >= 0.3 is 18.0 Å². The van der Waals surface area contributed by atoms with Crippen molar-refractivity contribution in [1.29, 1.82) is 0 Å². The van der Waals surface area contributed by atoms with Crippen LogP contribution < -0.4 is 16.0 Å². The highest BCUT2D eigenvalue weighted by molar-refractivity contribution is 6.10. The minimum absolute atomic E-state index is 0.166. The van der Waals surface area contributed by atoms with Crippen LogP contribution in [0.5, 0.6) is 0 Å². The monoisotopic (exact) mass is 577 g/mol. The molecule has 1 aliphatic carbocycles. The van der Waals surface area contributed by atoms with Crippen LogP contribution in [0.15, 0.2) is 54.6 Å². The van der Waals surface area contributed by atoms with E-state index in [4.69, 9.17) is 5.11 Å². The molecule has 2 aliphatic rings. The van der Waals surface area contributed by atoms with Crippen LogP contribution in [-0.4, -0.2) is 62.4 Å². The van der Waals surface area contributed by atoms with Gasteiger partial charge in [0.2, 0.25) is 5.91 Å². The zero-order valence-electron chi connectivity index (χ0n) is 24.3. The maximum atomic E-state index is 14.1. The fraction of sp³-hybridized carbons (Fsp3) is 0.452. The summed E-state index contributed by atoms with van der Waals surface area (Å²) in [5.74, 6) is -2.36. The molecule has 0 radical (unpaired) electrons. The van der Waals surface area contributed by atoms with Gasteiger partial charge in [0.05, 0.1) is 6.42 Å². The molecular formula is C31H39N5O6. The molecule has 4 N–H and O–H groups in total. The molecule has 2 atom stereocenters. The van der Waals surface area contributed by atoms with E-state index in [2.05, 4.69) is 16.0 Å². The Labute approximate surface area is 245 Å². The molecule has 1 spiro atoms. The predicted molar refractivity (Wildman–Crippen MR) is 158 cm³/mol. The first-order valence-corrected chi connectivity index (χ1v) is 14.4. The molecule has 42 heavy (non-hydrogen) atoms. The highest BCUT2D eigenvalue weighted by atomic mass is 16.4. The second-order valence-corrected chi connectivity index (χ2v) is 11.5. The van der Waals surface area contributed by atoms with E-state index in [9.17, 15) is 24.0 Å². The topological polar surface area (TPSA) is 148 Å². The summed E-state index contributed by atoms with van der Waals surface area (Å²) in [6, 6.07) is 13.5. The quantitative estimate of drug-likeness (QED) is 0.298. The summed E-state index contributed by atoms with van der Waals surface area (Å²) < 4.78 is 0. The van der Waals surface area contributed by atoms with Crippen LogP contribution in [0.4, 0.5) is 21.0 Å². The Morgan fingerprint density at radius 1 is 0.881 bits per heavy atom. The third kappa shape index (κ3) is 6.72. The Hall–Kier alpha value is -4.41. The number of hydrogen-bond donors (Lipinski definition) is 4. The van der Waals surface area contributed by atoms with Gasteiger partial charge in [-0.15, -0.1) is 0 Å². The van der Waals surface area contributed by atoms with Crippen LogP contribution in [0.25, 0.3) is 0 Å². The Bertz CT molecular complexity index is 1310. The first-order valence-electron chi connectivity index (χ1n) is 14.4. The summed E-state index contributed by atoms with van der Waals surface area (Å²) >= 11 is 0. The number of carbonyl (C=O) groups excluding carboxylic acids is 4. The number of nitrogens with one attached hydrogen (secondary N) is 3. The SMILES string of the molecule is CC(C)[C@@H](C(=O)N[C@H](C)CC(=O)O)N1C(=O)N(Cc2ccc(NC(=O)Nc3ccccc3)cc2)C2(CCCCC2)C1=O. The van der Waals surface area contributed by atoms with Crippen molar-refractivity contribution in [3.63, 3.8) is 0 Å². The number of carboxylic acid groups (broad SMARTS) is 1. The second-order valence-electron chi connectivity index (χ2n) is 11.5. The Morgan fingerprint density at radius 2 is 1.48 bits per heavy atom. The number of para-hydroxylation sites is 1. The van der Waals surface area contributed by atoms with E-state index >= 15 is 0 Å². The van der Waals surface area contributed by atoms with E-state index in [0.717, 1.165) is 29.7 Å². The molecule has 0 bridgehead atoms. The first kappa shape index (κ1) is 30.5. The predicted octanol–water partition coefficient (Wildman–Crippen LogP) is 4.80. The number of carbonyl (C=O) groups is 5. The minimum atomic E-state index is -1.07. The van der Waals surface area contributed by atoms with Gasteiger partial charge in [-0.2, -0.15) is 0 Å². The molecule has 2 aromatic carbocycles. The maximum Gasteiger partial charge on any atom is 0.328 e. The highest BCUT2D eigenvalue weighted by Crippen LogP contribution is 2.42. The molecule has 1 saturated heterocycles.